The third-order valence-corrected chi connectivity index (χ3v) is 2.04. The molecular formula is C10H9F2N3. The Bertz CT molecular complexity index is 479. The van der Waals surface area contributed by atoms with Gasteiger partial charge < -0.3 is 10.7 Å². The standard InChI is InChI=1S/C10H9F2N3/c11-6-1-2-8(12)7(3-6)9-5-14-10(4-13)15-9/h1-3,5H,4,13H2,(H,14,15). The predicted molar refractivity (Wildman–Crippen MR) is 51.8 cm³/mol. The molecule has 1 aromatic heterocycles. The van der Waals surface area contributed by atoms with E-state index in [1.165, 1.54) is 6.20 Å². The Hall–Kier alpha value is -1.75. The van der Waals surface area contributed by atoms with Crippen LogP contribution in [0.2, 0.25) is 0 Å². The molecule has 1 aromatic carbocycles. The molecule has 0 aliphatic carbocycles. The average molecular weight is 209 g/mol. The van der Waals surface area contributed by atoms with Gasteiger partial charge in [0.2, 0.25) is 0 Å². The van der Waals surface area contributed by atoms with Crippen LogP contribution in [0.3, 0.4) is 0 Å². The number of aromatic nitrogens is 2. The number of hydrogen-bond acceptors (Lipinski definition) is 2. The molecule has 0 radical (unpaired) electrons. The predicted octanol–water partition coefficient (Wildman–Crippen LogP) is 1.81. The van der Waals surface area contributed by atoms with Crippen LogP contribution in [-0.2, 0) is 6.54 Å². The van der Waals surface area contributed by atoms with E-state index in [0.29, 0.717) is 11.5 Å². The highest BCUT2D eigenvalue weighted by atomic mass is 19.1. The van der Waals surface area contributed by atoms with Gasteiger partial charge in [-0.2, -0.15) is 0 Å². The minimum atomic E-state index is -0.497. The Morgan fingerprint density at radius 2 is 2.13 bits per heavy atom. The van der Waals surface area contributed by atoms with Crippen LogP contribution in [0.25, 0.3) is 11.3 Å². The first-order valence-corrected chi connectivity index (χ1v) is 4.40. The number of hydrogen-bond donors (Lipinski definition) is 2. The molecule has 0 aliphatic rings. The van der Waals surface area contributed by atoms with E-state index >= 15 is 0 Å². The first kappa shape index (κ1) is 9.79. The molecule has 0 atom stereocenters. The summed E-state index contributed by atoms with van der Waals surface area (Å²) in [6.07, 6.45) is 1.43. The van der Waals surface area contributed by atoms with Gasteiger partial charge in [-0.15, -0.1) is 0 Å². The number of benzene rings is 1. The van der Waals surface area contributed by atoms with Gasteiger partial charge in [0, 0.05) is 5.56 Å². The molecule has 0 amide bonds. The molecule has 0 fully saturated rings. The lowest BCUT2D eigenvalue weighted by molar-refractivity contribution is 0.602. The van der Waals surface area contributed by atoms with Crippen molar-refractivity contribution in [3.05, 3.63) is 41.9 Å². The van der Waals surface area contributed by atoms with E-state index in [9.17, 15) is 8.78 Å². The zero-order chi connectivity index (χ0) is 10.8. The first-order valence-electron chi connectivity index (χ1n) is 4.40. The third kappa shape index (κ3) is 1.87. The maximum absolute atomic E-state index is 13.3. The number of halogens is 2. The smallest absolute Gasteiger partial charge is 0.132 e. The molecule has 78 valence electrons. The highest BCUT2D eigenvalue weighted by Gasteiger charge is 2.08. The van der Waals surface area contributed by atoms with E-state index in [1.807, 2.05) is 0 Å². The lowest BCUT2D eigenvalue weighted by Gasteiger charge is -1.99. The van der Waals surface area contributed by atoms with Gasteiger partial charge in [0.05, 0.1) is 18.4 Å². The largest absolute Gasteiger partial charge is 0.341 e. The van der Waals surface area contributed by atoms with Crippen LogP contribution < -0.4 is 5.73 Å². The van der Waals surface area contributed by atoms with Crippen LogP contribution in [0, 0.1) is 11.6 Å². The Labute approximate surface area is 85.0 Å². The van der Waals surface area contributed by atoms with Crippen LogP contribution in [0.1, 0.15) is 5.82 Å². The van der Waals surface area contributed by atoms with Gasteiger partial charge in [-0.3, -0.25) is 0 Å². The fourth-order valence-electron chi connectivity index (χ4n) is 1.31. The van der Waals surface area contributed by atoms with E-state index in [4.69, 9.17) is 5.73 Å². The molecule has 0 saturated heterocycles. The number of aromatic amines is 1. The lowest BCUT2D eigenvalue weighted by Crippen LogP contribution is -1.98. The fraction of sp³-hybridized carbons (Fsp3) is 0.100. The summed E-state index contributed by atoms with van der Waals surface area (Å²) in [5.41, 5.74) is 5.93. The first-order chi connectivity index (χ1) is 7.20. The number of imidazole rings is 1. The summed E-state index contributed by atoms with van der Waals surface area (Å²) < 4.78 is 26.2. The zero-order valence-corrected chi connectivity index (χ0v) is 7.80. The monoisotopic (exact) mass is 209 g/mol. The summed E-state index contributed by atoms with van der Waals surface area (Å²) in [6, 6.07) is 3.26. The van der Waals surface area contributed by atoms with Crippen molar-refractivity contribution < 1.29 is 8.78 Å². The van der Waals surface area contributed by atoms with Gasteiger partial charge in [0.1, 0.15) is 17.5 Å². The minimum Gasteiger partial charge on any atom is -0.341 e. The summed E-state index contributed by atoms with van der Waals surface area (Å²) in [4.78, 5) is 6.72. The van der Waals surface area contributed by atoms with Crippen molar-refractivity contribution in [2.24, 2.45) is 5.73 Å². The number of nitrogens with one attached hydrogen (secondary N) is 1. The molecule has 2 rings (SSSR count). The molecule has 2 aromatic rings. The average Bonchev–Trinajstić information content (AvgIpc) is 2.70. The Morgan fingerprint density at radius 3 is 2.80 bits per heavy atom. The maximum Gasteiger partial charge on any atom is 0.132 e. The third-order valence-electron chi connectivity index (χ3n) is 2.04. The van der Waals surface area contributed by atoms with E-state index in [0.717, 1.165) is 18.2 Å². The number of rotatable bonds is 2. The number of nitrogens with zero attached hydrogens (tertiary/aromatic N) is 1. The van der Waals surface area contributed by atoms with Gasteiger partial charge in [-0.1, -0.05) is 0 Å². The van der Waals surface area contributed by atoms with E-state index in [2.05, 4.69) is 9.97 Å². The Morgan fingerprint density at radius 1 is 1.33 bits per heavy atom. The van der Waals surface area contributed by atoms with Crippen molar-refractivity contribution >= 4 is 0 Å². The van der Waals surface area contributed by atoms with Crippen LogP contribution in [0.4, 0.5) is 8.78 Å². The summed E-state index contributed by atoms with van der Waals surface area (Å²) in [5, 5.41) is 0. The van der Waals surface area contributed by atoms with Crippen molar-refractivity contribution in [3.63, 3.8) is 0 Å². The van der Waals surface area contributed by atoms with Crippen molar-refractivity contribution in [2.75, 3.05) is 0 Å². The highest BCUT2D eigenvalue weighted by molar-refractivity contribution is 5.59. The Kier molecular flexibility index (Phi) is 2.47. The molecule has 0 bridgehead atoms. The molecule has 5 heteroatoms. The molecule has 3 nitrogen and oxygen atoms in total. The molecule has 0 unspecified atom stereocenters. The Balaban J connectivity index is 2.48. The highest BCUT2D eigenvalue weighted by Crippen LogP contribution is 2.21. The molecule has 0 saturated carbocycles. The second-order valence-electron chi connectivity index (χ2n) is 3.07. The maximum atomic E-state index is 13.3. The van der Waals surface area contributed by atoms with Crippen molar-refractivity contribution in [2.45, 2.75) is 6.54 Å². The van der Waals surface area contributed by atoms with Gasteiger partial charge >= 0.3 is 0 Å². The summed E-state index contributed by atoms with van der Waals surface area (Å²) in [7, 11) is 0. The topological polar surface area (TPSA) is 54.7 Å². The number of H-pyrrole nitrogens is 1. The normalized spacial score (nSPS) is 10.6. The van der Waals surface area contributed by atoms with Crippen molar-refractivity contribution in [1.82, 2.24) is 9.97 Å². The quantitative estimate of drug-likeness (QED) is 0.792. The number of nitrogens with two attached hydrogens (primary N) is 1. The summed E-state index contributed by atoms with van der Waals surface area (Å²) in [6.45, 7) is 0.233. The fourth-order valence-corrected chi connectivity index (χ4v) is 1.31. The van der Waals surface area contributed by atoms with E-state index in [1.54, 1.807) is 0 Å². The minimum absolute atomic E-state index is 0.155. The SMILES string of the molecule is NCc1ncc(-c2cc(F)ccc2F)[nH]1. The van der Waals surface area contributed by atoms with Gasteiger partial charge in [0.25, 0.3) is 0 Å². The van der Waals surface area contributed by atoms with E-state index in [-0.39, 0.29) is 12.1 Å². The molecule has 0 aliphatic heterocycles. The molecule has 1 heterocycles. The second kappa shape index (κ2) is 3.78. The van der Waals surface area contributed by atoms with E-state index < -0.39 is 11.6 Å². The molecular weight excluding hydrogens is 200 g/mol. The van der Waals surface area contributed by atoms with Crippen LogP contribution in [0.5, 0.6) is 0 Å². The van der Waals surface area contributed by atoms with Gasteiger partial charge in [-0.05, 0) is 18.2 Å². The van der Waals surface area contributed by atoms with Crippen LogP contribution in [-0.4, -0.2) is 9.97 Å². The molecule has 15 heavy (non-hydrogen) atoms. The van der Waals surface area contributed by atoms with Crippen LogP contribution in [0.15, 0.2) is 24.4 Å². The van der Waals surface area contributed by atoms with Gasteiger partial charge in [-0.25, -0.2) is 13.8 Å². The van der Waals surface area contributed by atoms with Gasteiger partial charge in [0.15, 0.2) is 0 Å². The second-order valence-corrected chi connectivity index (χ2v) is 3.07. The zero-order valence-electron chi connectivity index (χ0n) is 7.80. The van der Waals surface area contributed by atoms with Crippen LogP contribution >= 0.6 is 0 Å². The lowest BCUT2D eigenvalue weighted by atomic mass is 10.1. The van der Waals surface area contributed by atoms with Crippen molar-refractivity contribution in [1.29, 1.82) is 0 Å². The molecule has 0 spiro atoms. The summed E-state index contributed by atoms with van der Waals surface area (Å²) >= 11 is 0. The van der Waals surface area contributed by atoms with Crippen molar-refractivity contribution in [3.8, 4) is 11.3 Å². The summed E-state index contributed by atoms with van der Waals surface area (Å²) in [5.74, 6) is -0.451. The molecule has 3 N–H and O–H groups in total.